The third-order valence-corrected chi connectivity index (χ3v) is 1.94. The van der Waals surface area contributed by atoms with Gasteiger partial charge in [0.25, 0.3) is 0 Å². The maximum atomic E-state index is 10.6. The molecule has 5 nitrogen and oxygen atoms in total. The van der Waals surface area contributed by atoms with Crippen LogP contribution in [0, 0.1) is 0 Å². The van der Waals surface area contributed by atoms with Crippen LogP contribution < -0.4 is 15.7 Å². The summed E-state index contributed by atoms with van der Waals surface area (Å²) >= 11 is 0. The number of rotatable bonds is 2. The number of ether oxygens (including phenoxy) is 1. The van der Waals surface area contributed by atoms with E-state index in [2.05, 4.69) is 15.3 Å². The van der Waals surface area contributed by atoms with Crippen LogP contribution in [0.15, 0.2) is 17.2 Å². The Balaban J connectivity index is 2.00. The van der Waals surface area contributed by atoms with Gasteiger partial charge in [0.2, 0.25) is 0 Å². The van der Waals surface area contributed by atoms with Gasteiger partial charge in [-0.2, -0.15) is 4.98 Å². The predicted octanol–water partition coefficient (Wildman–Crippen LogP) is -0.142. The van der Waals surface area contributed by atoms with Crippen molar-refractivity contribution in [1.82, 2.24) is 15.3 Å². The SMILES string of the molecule is O=c1ncc(OC2CCCN2)c[nH]1. The summed E-state index contributed by atoms with van der Waals surface area (Å²) in [5.74, 6) is 0.596. The molecule has 1 aromatic rings. The van der Waals surface area contributed by atoms with Crippen LogP contribution in [0.1, 0.15) is 12.8 Å². The van der Waals surface area contributed by atoms with Crippen LogP contribution in [0.2, 0.25) is 0 Å². The molecule has 0 aliphatic carbocycles. The fraction of sp³-hybridized carbons (Fsp3) is 0.500. The molecule has 0 amide bonds. The molecular formula is C8H11N3O2. The first-order chi connectivity index (χ1) is 6.34. The molecule has 2 N–H and O–H groups in total. The number of nitrogens with zero attached hydrogens (tertiary/aromatic N) is 1. The van der Waals surface area contributed by atoms with E-state index in [4.69, 9.17) is 4.74 Å². The summed E-state index contributed by atoms with van der Waals surface area (Å²) in [6.07, 6.45) is 5.14. The zero-order valence-corrected chi connectivity index (χ0v) is 7.12. The Labute approximate surface area is 75.1 Å². The second kappa shape index (κ2) is 3.57. The molecule has 1 unspecified atom stereocenters. The van der Waals surface area contributed by atoms with Gasteiger partial charge in [0.05, 0.1) is 6.20 Å². The van der Waals surface area contributed by atoms with Gasteiger partial charge in [-0.25, -0.2) is 4.79 Å². The van der Waals surface area contributed by atoms with Crippen LogP contribution in [-0.2, 0) is 0 Å². The molecule has 0 radical (unpaired) electrons. The normalized spacial score (nSPS) is 21.7. The van der Waals surface area contributed by atoms with Gasteiger partial charge in [0.15, 0.2) is 5.75 Å². The van der Waals surface area contributed by atoms with Gasteiger partial charge in [0.1, 0.15) is 6.23 Å². The summed E-state index contributed by atoms with van der Waals surface area (Å²) in [6, 6.07) is 0. The average Bonchev–Trinajstić information content (AvgIpc) is 2.62. The van der Waals surface area contributed by atoms with E-state index < -0.39 is 0 Å². The third-order valence-electron chi connectivity index (χ3n) is 1.94. The molecule has 2 heterocycles. The molecule has 1 atom stereocenters. The predicted molar refractivity (Wildman–Crippen MR) is 46.5 cm³/mol. The monoisotopic (exact) mass is 181 g/mol. The lowest BCUT2D eigenvalue weighted by Crippen LogP contribution is -2.27. The molecule has 0 aromatic carbocycles. The first kappa shape index (κ1) is 8.25. The summed E-state index contributed by atoms with van der Waals surface area (Å²) in [5.41, 5.74) is -0.355. The number of hydrogen-bond donors (Lipinski definition) is 2. The minimum Gasteiger partial charge on any atom is -0.472 e. The van der Waals surface area contributed by atoms with E-state index in [0.29, 0.717) is 5.75 Å². The van der Waals surface area contributed by atoms with E-state index in [9.17, 15) is 4.79 Å². The van der Waals surface area contributed by atoms with Crippen LogP contribution in [0.5, 0.6) is 5.75 Å². The first-order valence-corrected chi connectivity index (χ1v) is 4.29. The Kier molecular flexibility index (Phi) is 2.27. The van der Waals surface area contributed by atoms with Crippen LogP contribution >= 0.6 is 0 Å². The molecule has 1 saturated heterocycles. The van der Waals surface area contributed by atoms with E-state index in [1.807, 2.05) is 0 Å². The smallest absolute Gasteiger partial charge is 0.345 e. The lowest BCUT2D eigenvalue weighted by molar-refractivity contribution is 0.186. The van der Waals surface area contributed by atoms with Gasteiger partial charge in [0, 0.05) is 6.20 Å². The van der Waals surface area contributed by atoms with Gasteiger partial charge in [-0.1, -0.05) is 0 Å². The zero-order chi connectivity index (χ0) is 9.10. The van der Waals surface area contributed by atoms with Gasteiger partial charge in [-0.05, 0) is 19.4 Å². The van der Waals surface area contributed by atoms with E-state index in [0.717, 1.165) is 19.4 Å². The highest BCUT2D eigenvalue weighted by Crippen LogP contribution is 2.11. The van der Waals surface area contributed by atoms with Crippen LogP contribution in [0.3, 0.4) is 0 Å². The molecule has 1 aromatic heterocycles. The molecule has 0 spiro atoms. The van der Waals surface area contributed by atoms with Crippen molar-refractivity contribution in [3.63, 3.8) is 0 Å². The number of aromatic amines is 1. The van der Waals surface area contributed by atoms with Crippen molar-refractivity contribution >= 4 is 0 Å². The molecule has 0 bridgehead atoms. The number of aromatic nitrogens is 2. The van der Waals surface area contributed by atoms with E-state index in [1.54, 1.807) is 0 Å². The first-order valence-electron chi connectivity index (χ1n) is 4.29. The Morgan fingerprint density at radius 2 is 2.54 bits per heavy atom. The van der Waals surface area contributed by atoms with Crippen molar-refractivity contribution in [2.45, 2.75) is 19.1 Å². The van der Waals surface area contributed by atoms with Crippen molar-refractivity contribution in [2.75, 3.05) is 6.54 Å². The van der Waals surface area contributed by atoms with E-state index >= 15 is 0 Å². The highest BCUT2D eigenvalue weighted by molar-refractivity contribution is 5.10. The zero-order valence-electron chi connectivity index (χ0n) is 7.12. The molecule has 1 fully saturated rings. The largest absolute Gasteiger partial charge is 0.472 e. The van der Waals surface area contributed by atoms with Crippen LogP contribution in [0.4, 0.5) is 0 Å². The highest BCUT2D eigenvalue weighted by Gasteiger charge is 2.15. The number of H-pyrrole nitrogens is 1. The van der Waals surface area contributed by atoms with Crippen molar-refractivity contribution < 1.29 is 4.74 Å². The van der Waals surface area contributed by atoms with Crippen LogP contribution in [-0.4, -0.2) is 22.7 Å². The third kappa shape index (κ3) is 2.06. The fourth-order valence-corrected chi connectivity index (χ4v) is 1.31. The van der Waals surface area contributed by atoms with Gasteiger partial charge < -0.3 is 9.72 Å². The molecule has 1 aliphatic rings. The Hall–Kier alpha value is -1.36. The Morgan fingerprint density at radius 1 is 1.62 bits per heavy atom. The number of nitrogens with one attached hydrogen (secondary N) is 2. The summed E-state index contributed by atoms with van der Waals surface area (Å²) in [4.78, 5) is 16.6. The minimum absolute atomic E-state index is 0.0627. The maximum Gasteiger partial charge on any atom is 0.345 e. The second-order valence-electron chi connectivity index (χ2n) is 2.96. The van der Waals surface area contributed by atoms with Crippen molar-refractivity contribution in [2.24, 2.45) is 0 Å². The van der Waals surface area contributed by atoms with Gasteiger partial charge in [-0.15, -0.1) is 0 Å². The fourth-order valence-electron chi connectivity index (χ4n) is 1.31. The molecule has 5 heteroatoms. The molecule has 70 valence electrons. The summed E-state index contributed by atoms with van der Waals surface area (Å²) in [6.45, 7) is 0.988. The molecule has 2 rings (SSSR count). The second-order valence-corrected chi connectivity index (χ2v) is 2.96. The van der Waals surface area contributed by atoms with E-state index in [1.165, 1.54) is 12.4 Å². The summed E-state index contributed by atoms with van der Waals surface area (Å²) < 4.78 is 5.49. The van der Waals surface area contributed by atoms with Gasteiger partial charge >= 0.3 is 5.69 Å². The minimum atomic E-state index is -0.355. The standard InChI is InChI=1S/C8H11N3O2/c12-8-10-4-6(5-11-8)13-7-2-1-3-9-7/h4-5,7,9H,1-3H2,(H,10,11,12). The lowest BCUT2D eigenvalue weighted by atomic mass is 10.4. The van der Waals surface area contributed by atoms with Crippen molar-refractivity contribution in [3.05, 3.63) is 22.9 Å². The summed E-state index contributed by atoms with van der Waals surface area (Å²) in [5, 5.41) is 3.18. The molecule has 13 heavy (non-hydrogen) atoms. The van der Waals surface area contributed by atoms with Gasteiger partial charge in [-0.3, -0.25) is 5.32 Å². The lowest BCUT2D eigenvalue weighted by Gasteiger charge is -2.11. The highest BCUT2D eigenvalue weighted by atomic mass is 16.5. The maximum absolute atomic E-state index is 10.6. The van der Waals surface area contributed by atoms with Crippen molar-refractivity contribution in [1.29, 1.82) is 0 Å². The van der Waals surface area contributed by atoms with Crippen molar-refractivity contribution in [3.8, 4) is 5.75 Å². The van der Waals surface area contributed by atoms with E-state index in [-0.39, 0.29) is 11.9 Å². The number of hydrogen-bond acceptors (Lipinski definition) is 4. The molecular weight excluding hydrogens is 170 g/mol. The van der Waals surface area contributed by atoms with Crippen LogP contribution in [0.25, 0.3) is 0 Å². The Bertz CT molecular complexity index is 310. The summed E-state index contributed by atoms with van der Waals surface area (Å²) in [7, 11) is 0. The molecule has 1 aliphatic heterocycles. The topological polar surface area (TPSA) is 67.0 Å². The molecule has 0 saturated carbocycles. The quantitative estimate of drug-likeness (QED) is 0.666. The average molecular weight is 181 g/mol. The Morgan fingerprint density at radius 3 is 3.15 bits per heavy atom.